The molecule has 126 valence electrons. The van der Waals surface area contributed by atoms with Crippen molar-refractivity contribution in [3.8, 4) is 17.4 Å². The highest BCUT2D eigenvalue weighted by Crippen LogP contribution is 2.36. The minimum atomic E-state index is 0.501. The summed E-state index contributed by atoms with van der Waals surface area (Å²) in [6, 6.07) is 16.8. The molecule has 2 heterocycles. The summed E-state index contributed by atoms with van der Waals surface area (Å²) >= 11 is 5.97. The number of nitrogens with one attached hydrogen (secondary N) is 1. The van der Waals surface area contributed by atoms with E-state index in [1.165, 1.54) is 6.33 Å². The SMILES string of the molecule is Cc1c(-c2ccc(Cl)cc2)oc2ncnc(Nc3cccc(C#N)c3)c12. The van der Waals surface area contributed by atoms with Crippen molar-refractivity contribution in [1.29, 1.82) is 5.26 Å². The van der Waals surface area contributed by atoms with E-state index in [2.05, 4.69) is 21.4 Å². The van der Waals surface area contributed by atoms with E-state index >= 15 is 0 Å². The molecule has 0 aliphatic carbocycles. The van der Waals surface area contributed by atoms with Gasteiger partial charge in [-0.25, -0.2) is 9.97 Å². The molecule has 0 bridgehead atoms. The number of hydrogen-bond donors (Lipinski definition) is 1. The Morgan fingerprint density at radius 1 is 1.12 bits per heavy atom. The molecule has 6 heteroatoms. The molecule has 0 atom stereocenters. The molecule has 0 aliphatic heterocycles. The molecule has 0 aliphatic rings. The molecular weight excluding hydrogens is 348 g/mol. The van der Waals surface area contributed by atoms with Gasteiger partial charge in [-0.2, -0.15) is 5.26 Å². The second-order valence-corrected chi connectivity index (χ2v) is 6.22. The Balaban J connectivity index is 1.81. The quantitative estimate of drug-likeness (QED) is 0.524. The van der Waals surface area contributed by atoms with Gasteiger partial charge in [0, 0.05) is 21.8 Å². The maximum absolute atomic E-state index is 9.07. The van der Waals surface area contributed by atoms with E-state index in [9.17, 15) is 0 Å². The van der Waals surface area contributed by atoms with Gasteiger partial charge >= 0.3 is 0 Å². The molecular formula is C20H13ClN4O. The summed E-state index contributed by atoms with van der Waals surface area (Å²) in [5.41, 5.74) is 3.70. The first-order chi connectivity index (χ1) is 12.7. The molecule has 0 saturated heterocycles. The Bertz CT molecular complexity index is 1140. The number of nitrogens with zero attached hydrogens (tertiary/aromatic N) is 3. The molecule has 0 saturated carbocycles. The number of anilines is 2. The minimum Gasteiger partial charge on any atom is -0.437 e. The fourth-order valence-corrected chi connectivity index (χ4v) is 2.97. The highest BCUT2D eigenvalue weighted by atomic mass is 35.5. The summed E-state index contributed by atoms with van der Waals surface area (Å²) in [6.45, 7) is 1.97. The van der Waals surface area contributed by atoms with Crippen molar-refractivity contribution < 1.29 is 4.42 Å². The van der Waals surface area contributed by atoms with Gasteiger partial charge in [-0.15, -0.1) is 0 Å². The van der Waals surface area contributed by atoms with Gasteiger partial charge < -0.3 is 9.73 Å². The maximum Gasteiger partial charge on any atom is 0.232 e. The van der Waals surface area contributed by atoms with Crippen LogP contribution >= 0.6 is 11.6 Å². The van der Waals surface area contributed by atoms with Crippen molar-refractivity contribution in [2.75, 3.05) is 5.32 Å². The zero-order valence-corrected chi connectivity index (χ0v) is 14.6. The number of nitriles is 1. The Hall–Kier alpha value is -3.36. The van der Waals surface area contributed by atoms with Crippen molar-refractivity contribution in [3.63, 3.8) is 0 Å². The number of rotatable bonds is 3. The Morgan fingerprint density at radius 2 is 1.92 bits per heavy atom. The van der Waals surface area contributed by atoms with Gasteiger partial charge in [0.25, 0.3) is 0 Å². The average Bonchev–Trinajstić information content (AvgIpc) is 3.00. The predicted molar refractivity (Wildman–Crippen MR) is 101 cm³/mol. The average molecular weight is 361 g/mol. The Labute approximate surface area is 154 Å². The number of halogens is 1. The number of aryl methyl sites for hydroxylation is 1. The van der Waals surface area contributed by atoms with Crippen molar-refractivity contribution in [3.05, 3.63) is 71.0 Å². The Kier molecular flexibility index (Phi) is 4.04. The molecule has 5 nitrogen and oxygen atoms in total. The number of aromatic nitrogens is 2. The third-order valence-corrected chi connectivity index (χ3v) is 4.34. The molecule has 0 unspecified atom stereocenters. The van der Waals surface area contributed by atoms with Crippen LogP contribution in [0.4, 0.5) is 11.5 Å². The van der Waals surface area contributed by atoms with E-state index in [-0.39, 0.29) is 0 Å². The van der Waals surface area contributed by atoms with Crippen LogP contribution in [-0.4, -0.2) is 9.97 Å². The van der Waals surface area contributed by atoms with E-state index in [4.69, 9.17) is 21.3 Å². The zero-order chi connectivity index (χ0) is 18.1. The summed E-state index contributed by atoms with van der Waals surface area (Å²) in [5, 5.41) is 13.8. The van der Waals surface area contributed by atoms with Gasteiger partial charge in [-0.05, 0) is 49.4 Å². The summed E-state index contributed by atoms with van der Waals surface area (Å²) < 4.78 is 5.96. The molecule has 2 aromatic heterocycles. The second-order valence-electron chi connectivity index (χ2n) is 5.78. The first kappa shape index (κ1) is 16.1. The van der Waals surface area contributed by atoms with Gasteiger partial charge in [-0.3, -0.25) is 0 Å². The monoisotopic (exact) mass is 360 g/mol. The van der Waals surface area contributed by atoms with Crippen LogP contribution in [0.3, 0.4) is 0 Å². The maximum atomic E-state index is 9.07. The molecule has 4 aromatic rings. The van der Waals surface area contributed by atoms with Crippen LogP contribution in [0.5, 0.6) is 0 Å². The van der Waals surface area contributed by atoms with Crippen LogP contribution in [0.2, 0.25) is 5.02 Å². The predicted octanol–water partition coefficient (Wildman–Crippen LogP) is 5.47. The van der Waals surface area contributed by atoms with Crippen LogP contribution in [0.25, 0.3) is 22.4 Å². The number of furan rings is 1. The van der Waals surface area contributed by atoms with Crippen molar-refractivity contribution in [1.82, 2.24) is 9.97 Å². The van der Waals surface area contributed by atoms with E-state index in [1.54, 1.807) is 12.1 Å². The van der Waals surface area contributed by atoms with Crippen LogP contribution < -0.4 is 5.32 Å². The topological polar surface area (TPSA) is 74.7 Å². The van der Waals surface area contributed by atoms with Crippen molar-refractivity contribution >= 4 is 34.2 Å². The van der Waals surface area contributed by atoms with Crippen molar-refractivity contribution in [2.24, 2.45) is 0 Å². The van der Waals surface area contributed by atoms with E-state index in [0.717, 1.165) is 28.0 Å². The lowest BCUT2D eigenvalue weighted by Gasteiger charge is -2.06. The van der Waals surface area contributed by atoms with Gasteiger partial charge in [0.2, 0.25) is 5.71 Å². The third-order valence-electron chi connectivity index (χ3n) is 4.09. The lowest BCUT2D eigenvalue weighted by molar-refractivity contribution is 0.615. The first-order valence-corrected chi connectivity index (χ1v) is 8.31. The molecule has 4 rings (SSSR count). The number of fused-ring (bicyclic) bond motifs is 1. The van der Waals surface area contributed by atoms with Gasteiger partial charge in [0.15, 0.2) is 0 Å². The summed E-state index contributed by atoms with van der Waals surface area (Å²) in [7, 11) is 0. The van der Waals surface area contributed by atoms with E-state index in [0.29, 0.717) is 22.1 Å². The van der Waals surface area contributed by atoms with Crippen LogP contribution in [0.15, 0.2) is 59.3 Å². The van der Waals surface area contributed by atoms with Crippen LogP contribution in [0.1, 0.15) is 11.1 Å². The fraction of sp³-hybridized carbons (Fsp3) is 0.0500. The molecule has 1 N–H and O–H groups in total. The van der Waals surface area contributed by atoms with E-state index < -0.39 is 0 Å². The fourth-order valence-electron chi connectivity index (χ4n) is 2.85. The molecule has 0 spiro atoms. The summed E-state index contributed by atoms with van der Waals surface area (Å²) in [6.07, 6.45) is 1.45. The lowest BCUT2D eigenvalue weighted by Crippen LogP contribution is -1.96. The van der Waals surface area contributed by atoms with Gasteiger partial charge in [0.05, 0.1) is 17.0 Å². The lowest BCUT2D eigenvalue weighted by atomic mass is 10.1. The minimum absolute atomic E-state index is 0.501. The number of benzene rings is 2. The molecule has 0 amide bonds. The van der Waals surface area contributed by atoms with Crippen LogP contribution in [0, 0.1) is 18.3 Å². The zero-order valence-electron chi connectivity index (χ0n) is 13.8. The van der Waals surface area contributed by atoms with Gasteiger partial charge in [0.1, 0.15) is 17.9 Å². The van der Waals surface area contributed by atoms with Gasteiger partial charge in [-0.1, -0.05) is 17.7 Å². The number of hydrogen-bond acceptors (Lipinski definition) is 5. The summed E-state index contributed by atoms with van der Waals surface area (Å²) in [5.74, 6) is 1.36. The summed E-state index contributed by atoms with van der Waals surface area (Å²) in [4.78, 5) is 8.60. The molecule has 26 heavy (non-hydrogen) atoms. The highest BCUT2D eigenvalue weighted by Gasteiger charge is 2.17. The Morgan fingerprint density at radius 3 is 2.69 bits per heavy atom. The smallest absolute Gasteiger partial charge is 0.232 e. The highest BCUT2D eigenvalue weighted by molar-refractivity contribution is 6.30. The third kappa shape index (κ3) is 2.87. The van der Waals surface area contributed by atoms with E-state index in [1.807, 2.05) is 43.3 Å². The normalized spacial score (nSPS) is 10.7. The molecule has 2 aromatic carbocycles. The molecule has 0 fully saturated rings. The second kappa shape index (κ2) is 6.51. The largest absolute Gasteiger partial charge is 0.437 e. The molecule has 0 radical (unpaired) electrons. The standard InChI is InChI=1S/C20H13ClN4O/c1-12-17-19(25-16-4-2-3-13(9-16)10-22)23-11-24-20(17)26-18(12)14-5-7-15(21)8-6-14/h2-9,11H,1H3,(H,23,24,25). The van der Waals surface area contributed by atoms with Crippen LogP contribution in [-0.2, 0) is 0 Å². The van der Waals surface area contributed by atoms with Crippen molar-refractivity contribution in [2.45, 2.75) is 6.92 Å². The first-order valence-electron chi connectivity index (χ1n) is 7.93.